The number of hydrogen-bond acceptors (Lipinski definition) is 3. The smallest absolute Gasteiger partial charge is 0.387 e. The highest BCUT2D eigenvalue weighted by molar-refractivity contribution is 6.32. The quantitative estimate of drug-likeness (QED) is 0.866. The normalized spacial score (nSPS) is 21.1. The molecule has 2 atom stereocenters. The van der Waals surface area contributed by atoms with Crippen molar-refractivity contribution in [3.05, 3.63) is 23.2 Å². The van der Waals surface area contributed by atoms with Crippen molar-refractivity contribution >= 4 is 35.6 Å². The zero-order chi connectivity index (χ0) is 15.4. The summed E-state index contributed by atoms with van der Waals surface area (Å²) >= 11 is 5.85. The van der Waals surface area contributed by atoms with Crippen molar-refractivity contribution in [2.24, 2.45) is 5.92 Å². The third kappa shape index (κ3) is 5.26. The molecule has 0 bridgehead atoms. The summed E-state index contributed by atoms with van der Waals surface area (Å²) in [6, 6.07) is 4.52. The van der Waals surface area contributed by atoms with Gasteiger partial charge in [0.05, 0.1) is 5.02 Å². The zero-order valence-corrected chi connectivity index (χ0v) is 13.5. The lowest BCUT2D eigenvalue weighted by molar-refractivity contribution is -0.120. The molecule has 1 aromatic rings. The molecule has 2 rings (SSSR count). The number of carbonyl (C=O) groups is 1. The van der Waals surface area contributed by atoms with E-state index < -0.39 is 6.61 Å². The molecule has 1 aliphatic rings. The van der Waals surface area contributed by atoms with Crippen molar-refractivity contribution in [3.63, 3.8) is 0 Å². The molecule has 124 valence electrons. The molecule has 22 heavy (non-hydrogen) atoms. The molecule has 2 N–H and O–H groups in total. The zero-order valence-electron chi connectivity index (χ0n) is 11.9. The van der Waals surface area contributed by atoms with Crippen LogP contribution in [-0.2, 0) is 4.79 Å². The molecule has 0 unspecified atom stereocenters. The van der Waals surface area contributed by atoms with Gasteiger partial charge in [-0.15, -0.1) is 12.4 Å². The van der Waals surface area contributed by atoms with Crippen LogP contribution >= 0.6 is 24.0 Å². The van der Waals surface area contributed by atoms with Crippen molar-refractivity contribution in [1.29, 1.82) is 0 Å². The molecule has 1 heterocycles. The average molecular weight is 355 g/mol. The van der Waals surface area contributed by atoms with Crippen LogP contribution in [0.3, 0.4) is 0 Å². The second kappa shape index (κ2) is 8.50. The van der Waals surface area contributed by atoms with E-state index >= 15 is 0 Å². The lowest BCUT2D eigenvalue weighted by Gasteiger charge is -2.27. The summed E-state index contributed by atoms with van der Waals surface area (Å²) in [7, 11) is 0. The van der Waals surface area contributed by atoms with Gasteiger partial charge in [-0.1, -0.05) is 11.6 Å². The lowest BCUT2D eigenvalue weighted by atomic mass is 9.92. The van der Waals surface area contributed by atoms with Crippen LogP contribution in [-0.4, -0.2) is 25.1 Å². The van der Waals surface area contributed by atoms with Crippen LogP contribution in [0.25, 0.3) is 0 Å². The van der Waals surface area contributed by atoms with E-state index in [4.69, 9.17) is 11.6 Å². The SMILES string of the molecule is C[C@H]1C[C@@H](C(=O)Nc2ccc(OC(F)F)c(Cl)c2)CCN1.Cl. The van der Waals surface area contributed by atoms with E-state index in [2.05, 4.69) is 15.4 Å². The Kier molecular flexibility index (Phi) is 7.32. The van der Waals surface area contributed by atoms with Crippen LogP contribution in [0.4, 0.5) is 14.5 Å². The third-order valence-corrected chi connectivity index (χ3v) is 3.71. The molecule has 1 saturated heterocycles. The second-order valence-electron chi connectivity index (χ2n) is 5.09. The number of alkyl halides is 2. The van der Waals surface area contributed by atoms with Gasteiger partial charge in [0.2, 0.25) is 5.91 Å². The number of halogens is 4. The van der Waals surface area contributed by atoms with Gasteiger partial charge in [0.25, 0.3) is 0 Å². The van der Waals surface area contributed by atoms with Crippen LogP contribution < -0.4 is 15.4 Å². The summed E-state index contributed by atoms with van der Waals surface area (Å²) in [6.45, 7) is -0.0901. The van der Waals surface area contributed by atoms with Crippen molar-refractivity contribution in [1.82, 2.24) is 5.32 Å². The minimum absolute atomic E-state index is 0. The maximum absolute atomic E-state index is 12.2. The Morgan fingerprint density at radius 2 is 2.23 bits per heavy atom. The van der Waals surface area contributed by atoms with E-state index in [1.807, 2.05) is 6.92 Å². The fourth-order valence-electron chi connectivity index (χ4n) is 2.38. The molecular weight excluding hydrogens is 337 g/mol. The van der Waals surface area contributed by atoms with Gasteiger partial charge in [0.1, 0.15) is 5.75 Å². The van der Waals surface area contributed by atoms with E-state index in [-0.39, 0.29) is 35.0 Å². The average Bonchev–Trinajstić information content (AvgIpc) is 2.41. The maximum Gasteiger partial charge on any atom is 0.387 e. The molecule has 1 amide bonds. The molecule has 8 heteroatoms. The van der Waals surface area contributed by atoms with E-state index in [1.54, 1.807) is 0 Å². The van der Waals surface area contributed by atoms with Crippen molar-refractivity contribution < 1.29 is 18.3 Å². The predicted molar refractivity (Wildman–Crippen MR) is 84.2 cm³/mol. The fourth-order valence-corrected chi connectivity index (χ4v) is 2.61. The Bertz CT molecular complexity index is 518. The van der Waals surface area contributed by atoms with Gasteiger partial charge in [-0.2, -0.15) is 8.78 Å². The first kappa shape index (κ1) is 18.9. The van der Waals surface area contributed by atoms with Crippen LogP contribution in [0.15, 0.2) is 18.2 Å². The molecule has 0 radical (unpaired) electrons. The van der Waals surface area contributed by atoms with Crippen molar-refractivity contribution in [2.75, 3.05) is 11.9 Å². The fraction of sp³-hybridized carbons (Fsp3) is 0.500. The molecule has 0 saturated carbocycles. The van der Waals surface area contributed by atoms with Gasteiger partial charge < -0.3 is 15.4 Å². The monoisotopic (exact) mass is 354 g/mol. The summed E-state index contributed by atoms with van der Waals surface area (Å²) < 4.78 is 28.5. The first-order chi connectivity index (χ1) is 9.95. The lowest BCUT2D eigenvalue weighted by Crippen LogP contribution is -2.40. The highest BCUT2D eigenvalue weighted by Gasteiger charge is 2.24. The molecule has 4 nitrogen and oxygen atoms in total. The second-order valence-corrected chi connectivity index (χ2v) is 5.50. The summed E-state index contributed by atoms with van der Waals surface area (Å²) in [5.41, 5.74) is 0.470. The Morgan fingerprint density at radius 1 is 1.50 bits per heavy atom. The van der Waals surface area contributed by atoms with Crippen LogP contribution in [0.1, 0.15) is 19.8 Å². The van der Waals surface area contributed by atoms with E-state index in [1.165, 1.54) is 18.2 Å². The number of benzene rings is 1. The molecule has 1 aliphatic heterocycles. The standard InChI is InChI=1S/C14H17ClF2N2O2.ClH/c1-8-6-9(4-5-18-8)13(20)19-10-2-3-12(11(15)7-10)21-14(16)17;/h2-3,7-9,14,18H,4-6H2,1H3,(H,19,20);1H/t8-,9-;/m0./s1. The molecule has 1 aromatic carbocycles. The van der Waals surface area contributed by atoms with Crippen molar-refractivity contribution in [2.45, 2.75) is 32.4 Å². The van der Waals surface area contributed by atoms with Crippen molar-refractivity contribution in [3.8, 4) is 5.75 Å². The third-order valence-electron chi connectivity index (χ3n) is 3.41. The first-order valence-electron chi connectivity index (χ1n) is 6.74. The Morgan fingerprint density at radius 3 is 2.82 bits per heavy atom. The number of nitrogens with one attached hydrogen (secondary N) is 2. The number of carbonyl (C=O) groups excluding carboxylic acids is 1. The molecular formula is C14H18Cl2F2N2O2. The van der Waals surface area contributed by atoms with Crippen LogP contribution in [0, 0.1) is 5.92 Å². The molecule has 0 aliphatic carbocycles. The van der Waals surface area contributed by atoms with Gasteiger partial charge in [-0.25, -0.2) is 0 Å². The highest BCUT2D eigenvalue weighted by Crippen LogP contribution is 2.29. The van der Waals surface area contributed by atoms with Crippen LogP contribution in [0.5, 0.6) is 5.75 Å². The van der Waals surface area contributed by atoms with Gasteiger partial charge in [0, 0.05) is 17.6 Å². The number of anilines is 1. The topological polar surface area (TPSA) is 50.4 Å². The number of amides is 1. The minimum atomic E-state index is -2.93. The Hall–Kier alpha value is -1.11. The Labute approximate surface area is 139 Å². The highest BCUT2D eigenvalue weighted by atomic mass is 35.5. The number of ether oxygens (including phenoxy) is 1. The Balaban J connectivity index is 0.00000242. The summed E-state index contributed by atoms with van der Waals surface area (Å²) in [6.07, 6.45) is 1.54. The van der Waals surface area contributed by atoms with Crippen LogP contribution in [0.2, 0.25) is 5.02 Å². The van der Waals surface area contributed by atoms with Gasteiger partial charge >= 0.3 is 6.61 Å². The van der Waals surface area contributed by atoms with E-state index in [9.17, 15) is 13.6 Å². The summed E-state index contributed by atoms with van der Waals surface area (Å²) in [5, 5.41) is 6.07. The first-order valence-corrected chi connectivity index (χ1v) is 7.12. The van der Waals surface area contributed by atoms with E-state index in [0.29, 0.717) is 11.7 Å². The van der Waals surface area contributed by atoms with Gasteiger partial charge in [-0.3, -0.25) is 4.79 Å². The summed E-state index contributed by atoms with van der Waals surface area (Å²) in [4.78, 5) is 12.2. The molecule has 0 aromatic heterocycles. The summed E-state index contributed by atoms with van der Waals surface area (Å²) in [5.74, 6) is -0.251. The minimum Gasteiger partial charge on any atom is -0.433 e. The molecule has 0 spiro atoms. The number of rotatable bonds is 4. The molecule has 1 fully saturated rings. The van der Waals surface area contributed by atoms with Gasteiger partial charge in [-0.05, 0) is 44.5 Å². The number of hydrogen-bond donors (Lipinski definition) is 2. The largest absolute Gasteiger partial charge is 0.433 e. The predicted octanol–water partition coefficient (Wildman–Crippen LogP) is 3.69. The maximum atomic E-state index is 12.2. The number of piperidine rings is 1. The van der Waals surface area contributed by atoms with Gasteiger partial charge in [0.15, 0.2) is 0 Å². The van der Waals surface area contributed by atoms with E-state index in [0.717, 1.165) is 19.4 Å².